The quantitative estimate of drug-likeness (QED) is 0.629. The van der Waals surface area contributed by atoms with Crippen LogP contribution >= 0.6 is 34.8 Å². The Bertz CT molecular complexity index is 388. The van der Waals surface area contributed by atoms with Crippen LogP contribution in [0.4, 0.5) is 0 Å². The van der Waals surface area contributed by atoms with Gasteiger partial charge in [0.2, 0.25) is 3.79 Å². The van der Waals surface area contributed by atoms with Crippen LogP contribution < -0.4 is 4.74 Å². The van der Waals surface area contributed by atoms with Crippen LogP contribution in [-0.2, 0) is 4.74 Å². The molecule has 0 saturated carbocycles. The smallest absolute Gasteiger partial charge is 0.342 e. The van der Waals surface area contributed by atoms with Crippen molar-refractivity contribution in [3.8, 4) is 5.75 Å². The molecule has 0 bridgehead atoms. The molecule has 0 spiro atoms. The summed E-state index contributed by atoms with van der Waals surface area (Å²) in [5, 5.41) is 0. The van der Waals surface area contributed by atoms with Gasteiger partial charge in [-0.15, -0.1) is 0 Å². The highest BCUT2D eigenvalue weighted by atomic mass is 35.6. The van der Waals surface area contributed by atoms with Gasteiger partial charge in [-0.3, -0.25) is 0 Å². The minimum atomic E-state index is -1.61. The van der Waals surface area contributed by atoms with Crippen LogP contribution in [0.15, 0.2) is 24.3 Å². The Labute approximate surface area is 115 Å². The molecule has 0 heterocycles. The maximum atomic E-state index is 11.7. The standard InChI is InChI=1S/C11H11Cl3O3/c1-2-16-9-6-4-3-5-8(9)10(15)17-7-11(12,13)14/h3-6H,2,7H2,1H3. The minimum absolute atomic E-state index is 0.309. The molecule has 0 N–H and O–H groups in total. The lowest BCUT2D eigenvalue weighted by molar-refractivity contribution is 0.0507. The number of hydrogen-bond acceptors (Lipinski definition) is 3. The van der Waals surface area contributed by atoms with Crippen molar-refractivity contribution in [2.75, 3.05) is 13.2 Å². The molecular formula is C11H11Cl3O3. The van der Waals surface area contributed by atoms with Gasteiger partial charge >= 0.3 is 5.97 Å². The molecule has 3 nitrogen and oxygen atoms in total. The van der Waals surface area contributed by atoms with E-state index in [1.807, 2.05) is 6.92 Å². The van der Waals surface area contributed by atoms with Gasteiger partial charge in [-0.05, 0) is 19.1 Å². The van der Waals surface area contributed by atoms with Crippen molar-refractivity contribution in [3.05, 3.63) is 29.8 Å². The van der Waals surface area contributed by atoms with Crippen LogP contribution in [0.2, 0.25) is 0 Å². The highest BCUT2D eigenvalue weighted by Gasteiger charge is 2.23. The van der Waals surface area contributed by atoms with E-state index >= 15 is 0 Å². The van der Waals surface area contributed by atoms with Crippen LogP contribution in [0, 0.1) is 0 Å². The topological polar surface area (TPSA) is 35.5 Å². The predicted molar refractivity (Wildman–Crippen MR) is 68.2 cm³/mol. The van der Waals surface area contributed by atoms with Crippen LogP contribution in [0.25, 0.3) is 0 Å². The van der Waals surface area contributed by atoms with E-state index in [9.17, 15) is 4.79 Å². The van der Waals surface area contributed by atoms with E-state index < -0.39 is 9.76 Å². The SMILES string of the molecule is CCOc1ccccc1C(=O)OCC(Cl)(Cl)Cl. The monoisotopic (exact) mass is 296 g/mol. The molecule has 0 aliphatic rings. The molecule has 1 aromatic rings. The summed E-state index contributed by atoms with van der Waals surface area (Å²) in [5.74, 6) is -0.135. The molecular weight excluding hydrogens is 286 g/mol. The Morgan fingerprint density at radius 2 is 1.94 bits per heavy atom. The van der Waals surface area contributed by atoms with E-state index in [0.717, 1.165) is 0 Å². The fourth-order valence-corrected chi connectivity index (χ4v) is 1.31. The summed E-state index contributed by atoms with van der Waals surface area (Å²) in [4.78, 5) is 11.7. The molecule has 0 unspecified atom stereocenters. The molecule has 0 saturated heterocycles. The predicted octanol–water partition coefficient (Wildman–Crippen LogP) is 3.61. The number of carbonyl (C=O) groups is 1. The zero-order valence-electron chi connectivity index (χ0n) is 9.08. The van der Waals surface area contributed by atoms with Crippen molar-refractivity contribution >= 4 is 40.8 Å². The average Bonchev–Trinajstić information content (AvgIpc) is 2.26. The number of halogens is 3. The van der Waals surface area contributed by atoms with Crippen molar-refractivity contribution in [2.24, 2.45) is 0 Å². The largest absolute Gasteiger partial charge is 0.493 e. The second-order valence-corrected chi connectivity index (χ2v) is 5.64. The molecule has 0 atom stereocenters. The number of esters is 1. The summed E-state index contributed by atoms with van der Waals surface area (Å²) < 4.78 is 8.54. The first-order valence-electron chi connectivity index (χ1n) is 4.89. The summed E-state index contributed by atoms with van der Waals surface area (Å²) in [5.41, 5.74) is 0.309. The number of rotatable bonds is 4. The van der Waals surface area contributed by atoms with E-state index in [4.69, 9.17) is 44.3 Å². The zero-order valence-corrected chi connectivity index (χ0v) is 11.4. The second-order valence-electron chi connectivity index (χ2n) is 3.12. The molecule has 0 aliphatic carbocycles. The lowest BCUT2D eigenvalue weighted by atomic mass is 10.2. The summed E-state index contributed by atoms with van der Waals surface area (Å²) in [6.07, 6.45) is 0. The Balaban J connectivity index is 2.74. The maximum Gasteiger partial charge on any atom is 0.342 e. The van der Waals surface area contributed by atoms with Gasteiger partial charge in [0.1, 0.15) is 17.9 Å². The van der Waals surface area contributed by atoms with Gasteiger partial charge in [0.05, 0.1) is 6.61 Å². The van der Waals surface area contributed by atoms with Crippen LogP contribution in [0.5, 0.6) is 5.75 Å². The maximum absolute atomic E-state index is 11.7. The third-order valence-corrected chi connectivity index (χ3v) is 2.10. The van der Waals surface area contributed by atoms with E-state index in [-0.39, 0.29) is 6.61 Å². The van der Waals surface area contributed by atoms with Gasteiger partial charge in [0, 0.05) is 0 Å². The molecule has 1 aromatic carbocycles. The second kappa shape index (κ2) is 6.34. The molecule has 0 aromatic heterocycles. The number of alkyl halides is 3. The summed E-state index contributed by atoms with van der Waals surface area (Å²) in [7, 11) is 0. The molecule has 1 rings (SSSR count). The number of hydrogen-bond donors (Lipinski definition) is 0. The molecule has 0 fully saturated rings. The number of carbonyl (C=O) groups excluding carboxylic acids is 1. The van der Waals surface area contributed by atoms with Crippen LogP contribution in [0.3, 0.4) is 0 Å². The molecule has 0 aliphatic heterocycles. The van der Waals surface area contributed by atoms with Gasteiger partial charge in [0.25, 0.3) is 0 Å². The normalized spacial score (nSPS) is 11.1. The van der Waals surface area contributed by atoms with Crippen molar-refractivity contribution in [1.82, 2.24) is 0 Å². The van der Waals surface area contributed by atoms with E-state index in [1.54, 1.807) is 24.3 Å². The fourth-order valence-electron chi connectivity index (χ4n) is 1.14. The first-order chi connectivity index (χ1) is 7.94. The van der Waals surface area contributed by atoms with E-state index in [1.165, 1.54) is 0 Å². The third kappa shape index (κ3) is 5.02. The molecule has 0 radical (unpaired) electrons. The molecule has 94 valence electrons. The van der Waals surface area contributed by atoms with Gasteiger partial charge in [-0.1, -0.05) is 46.9 Å². The molecule has 6 heteroatoms. The Hall–Kier alpha value is -0.640. The number of para-hydroxylation sites is 1. The summed E-state index contributed by atoms with van der Waals surface area (Å²) in [6, 6.07) is 6.73. The zero-order chi connectivity index (χ0) is 12.9. The lowest BCUT2D eigenvalue weighted by Gasteiger charge is -2.13. The summed E-state index contributed by atoms with van der Waals surface area (Å²) >= 11 is 16.5. The van der Waals surface area contributed by atoms with Gasteiger partial charge in [-0.25, -0.2) is 4.79 Å². The van der Waals surface area contributed by atoms with Crippen molar-refractivity contribution in [2.45, 2.75) is 10.7 Å². The first-order valence-corrected chi connectivity index (χ1v) is 6.03. The average molecular weight is 298 g/mol. The highest BCUT2D eigenvalue weighted by Crippen LogP contribution is 2.27. The van der Waals surface area contributed by atoms with E-state index in [0.29, 0.717) is 17.9 Å². The number of benzene rings is 1. The third-order valence-electron chi connectivity index (χ3n) is 1.77. The summed E-state index contributed by atoms with van der Waals surface area (Å²) in [6.45, 7) is 1.97. The Morgan fingerprint density at radius 3 is 2.53 bits per heavy atom. The minimum Gasteiger partial charge on any atom is -0.493 e. The molecule has 17 heavy (non-hydrogen) atoms. The Kier molecular flexibility index (Phi) is 5.37. The van der Waals surface area contributed by atoms with Crippen LogP contribution in [-0.4, -0.2) is 23.0 Å². The van der Waals surface area contributed by atoms with Gasteiger partial charge in [-0.2, -0.15) is 0 Å². The van der Waals surface area contributed by atoms with Crippen molar-refractivity contribution in [3.63, 3.8) is 0 Å². The first kappa shape index (κ1) is 14.4. The molecule has 0 amide bonds. The van der Waals surface area contributed by atoms with Crippen molar-refractivity contribution < 1.29 is 14.3 Å². The fraction of sp³-hybridized carbons (Fsp3) is 0.364. The van der Waals surface area contributed by atoms with Crippen LogP contribution in [0.1, 0.15) is 17.3 Å². The van der Waals surface area contributed by atoms with Crippen molar-refractivity contribution in [1.29, 1.82) is 0 Å². The highest BCUT2D eigenvalue weighted by molar-refractivity contribution is 6.67. The lowest BCUT2D eigenvalue weighted by Crippen LogP contribution is -2.17. The van der Waals surface area contributed by atoms with E-state index in [2.05, 4.69) is 0 Å². The number of ether oxygens (including phenoxy) is 2. The van der Waals surface area contributed by atoms with Gasteiger partial charge in [0.15, 0.2) is 0 Å². The van der Waals surface area contributed by atoms with Gasteiger partial charge < -0.3 is 9.47 Å². The Morgan fingerprint density at radius 1 is 1.29 bits per heavy atom.